The van der Waals surface area contributed by atoms with Gasteiger partial charge < -0.3 is 19.7 Å². The summed E-state index contributed by atoms with van der Waals surface area (Å²) in [6, 6.07) is 0. The van der Waals surface area contributed by atoms with E-state index in [-0.39, 0.29) is 6.61 Å². The quantitative estimate of drug-likeness (QED) is 0.448. The van der Waals surface area contributed by atoms with E-state index in [1.54, 1.807) is 11.8 Å². The maximum Gasteiger partial charge on any atom is 0.0861 e. The van der Waals surface area contributed by atoms with Crippen LogP contribution in [0.25, 0.3) is 0 Å². The lowest BCUT2D eigenvalue weighted by Gasteiger charge is -2.09. The smallest absolute Gasteiger partial charge is 0.0861 e. The van der Waals surface area contributed by atoms with E-state index >= 15 is 0 Å². The molecule has 0 bridgehead atoms. The summed E-state index contributed by atoms with van der Waals surface area (Å²) in [5.41, 5.74) is 0. The van der Waals surface area contributed by atoms with Gasteiger partial charge in [-0.2, -0.15) is 23.5 Å². The summed E-state index contributed by atoms with van der Waals surface area (Å²) in [6.45, 7) is 7.06. The van der Waals surface area contributed by atoms with Gasteiger partial charge in [-0.1, -0.05) is 20.3 Å². The van der Waals surface area contributed by atoms with Crippen molar-refractivity contribution in [1.82, 2.24) is 0 Å². The maximum absolute atomic E-state index is 9.12. The Bertz CT molecular complexity index is 176. The van der Waals surface area contributed by atoms with Gasteiger partial charge in [0, 0.05) is 17.3 Å². The molecule has 0 amide bonds. The van der Waals surface area contributed by atoms with Crippen molar-refractivity contribution in [3.05, 3.63) is 0 Å². The number of hydrogen-bond donors (Lipinski definition) is 2. The van der Waals surface area contributed by atoms with E-state index < -0.39 is 6.10 Å². The Labute approximate surface area is 132 Å². The zero-order chi connectivity index (χ0) is 15.1. The van der Waals surface area contributed by atoms with Crippen LogP contribution in [-0.4, -0.2) is 72.4 Å². The van der Waals surface area contributed by atoms with Crippen molar-refractivity contribution in [2.24, 2.45) is 5.92 Å². The summed E-state index contributed by atoms with van der Waals surface area (Å²) in [5, 5.41) is 17.7. The van der Waals surface area contributed by atoms with Gasteiger partial charge in [0.1, 0.15) is 0 Å². The van der Waals surface area contributed by atoms with Crippen LogP contribution >= 0.6 is 23.5 Å². The molecule has 0 radical (unpaired) electrons. The molecule has 2 N–H and O–H groups in total. The van der Waals surface area contributed by atoms with Gasteiger partial charge in [-0.05, 0) is 11.7 Å². The Kier molecular flexibility index (Phi) is 16.3. The average Bonchev–Trinajstić information content (AvgIpc) is 2.47. The lowest BCUT2D eigenvalue weighted by Crippen LogP contribution is -2.15. The molecule has 4 nitrogen and oxygen atoms in total. The van der Waals surface area contributed by atoms with Crippen LogP contribution in [0.5, 0.6) is 0 Å². The first-order chi connectivity index (χ1) is 9.70. The molecular formula is C14H30O4S2. The molecule has 20 heavy (non-hydrogen) atoms. The Morgan fingerprint density at radius 2 is 1.50 bits per heavy atom. The predicted octanol–water partition coefficient (Wildman–Crippen LogP) is 1.89. The predicted molar refractivity (Wildman–Crippen MR) is 88.8 cm³/mol. The molecule has 0 saturated carbocycles. The molecule has 2 unspecified atom stereocenters. The molecule has 0 heterocycles. The summed E-state index contributed by atoms with van der Waals surface area (Å²) in [7, 11) is 0. The second-order valence-electron chi connectivity index (χ2n) is 4.72. The molecule has 0 rings (SSSR count). The van der Waals surface area contributed by atoms with Crippen molar-refractivity contribution < 1.29 is 19.7 Å². The molecule has 6 heteroatoms. The molecule has 0 fully saturated rings. The lowest BCUT2D eigenvalue weighted by atomic mass is 10.2. The summed E-state index contributed by atoms with van der Waals surface area (Å²) in [6.07, 6.45) is 0.631. The third-order valence-corrected chi connectivity index (χ3v) is 5.07. The topological polar surface area (TPSA) is 58.9 Å². The highest BCUT2D eigenvalue weighted by molar-refractivity contribution is 7.99. The first-order valence-corrected chi connectivity index (χ1v) is 9.61. The highest BCUT2D eigenvalue weighted by atomic mass is 32.2. The molecule has 0 aromatic heterocycles. The Morgan fingerprint density at radius 1 is 0.950 bits per heavy atom. The van der Waals surface area contributed by atoms with Crippen molar-refractivity contribution in [2.75, 3.05) is 56.0 Å². The zero-order valence-corrected chi connectivity index (χ0v) is 14.4. The van der Waals surface area contributed by atoms with E-state index in [0.29, 0.717) is 25.6 Å². The second kappa shape index (κ2) is 15.9. The highest BCUT2D eigenvalue weighted by Crippen LogP contribution is 2.10. The van der Waals surface area contributed by atoms with Gasteiger partial charge in [0.25, 0.3) is 0 Å². The maximum atomic E-state index is 9.12. The molecule has 0 aliphatic carbocycles. The van der Waals surface area contributed by atoms with Crippen LogP contribution in [0.15, 0.2) is 0 Å². The largest absolute Gasteiger partial charge is 0.394 e. The van der Waals surface area contributed by atoms with E-state index in [2.05, 4.69) is 13.8 Å². The molecular weight excluding hydrogens is 296 g/mol. The molecule has 0 aliphatic rings. The third kappa shape index (κ3) is 14.9. The Morgan fingerprint density at radius 3 is 2.00 bits per heavy atom. The minimum Gasteiger partial charge on any atom is -0.394 e. The number of rotatable bonds is 15. The van der Waals surface area contributed by atoms with E-state index in [9.17, 15) is 0 Å². The third-order valence-electron chi connectivity index (χ3n) is 2.74. The normalized spacial score (nSPS) is 14.4. The first kappa shape index (κ1) is 20.5. The lowest BCUT2D eigenvalue weighted by molar-refractivity contribution is 0.0604. The summed E-state index contributed by atoms with van der Waals surface area (Å²) in [4.78, 5) is 0. The van der Waals surface area contributed by atoms with Gasteiger partial charge in [-0.15, -0.1) is 0 Å². The van der Waals surface area contributed by atoms with E-state index in [1.807, 2.05) is 11.8 Å². The highest BCUT2D eigenvalue weighted by Gasteiger charge is 2.01. The standard InChI is InChI=1S/C14H30O4S2/c1-3-13(2)11-19-8-6-17-4-5-18-7-9-20-12-14(16)10-15/h13-16H,3-12H2,1-2H3. The number of aliphatic hydroxyl groups is 2. The van der Waals surface area contributed by atoms with Gasteiger partial charge in [-0.3, -0.25) is 0 Å². The number of aliphatic hydroxyl groups excluding tert-OH is 2. The molecule has 0 aliphatic heterocycles. The fourth-order valence-corrected chi connectivity index (χ4v) is 3.05. The number of hydrogen-bond acceptors (Lipinski definition) is 6. The van der Waals surface area contributed by atoms with Crippen molar-refractivity contribution in [3.8, 4) is 0 Å². The summed E-state index contributed by atoms with van der Waals surface area (Å²) < 4.78 is 10.9. The monoisotopic (exact) mass is 326 g/mol. The first-order valence-electron chi connectivity index (χ1n) is 7.30. The Hall–Kier alpha value is 0.540. The molecule has 0 spiro atoms. The van der Waals surface area contributed by atoms with Crippen molar-refractivity contribution >= 4 is 23.5 Å². The average molecular weight is 327 g/mol. The minimum absolute atomic E-state index is 0.170. The Balaban J connectivity index is 3.03. The molecule has 0 aromatic rings. The van der Waals surface area contributed by atoms with Crippen LogP contribution in [0.3, 0.4) is 0 Å². The van der Waals surface area contributed by atoms with Crippen LogP contribution in [0, 0.1) is 5.92 Å². The van der Waals surface area contributed by atoms with Crippen LogP contribution in [0.2, 0.25) is 0 Å². The van der Waals surface area contributed by atoms with Gasteiger partial charge in [0.15, 0.2) is 0 Å². The zero-order valence-electron chi connectivity index (χ0n) is 12.8. The number of thioether (sulfide) groups is 2. The molecule has 0 aromatic carbocycles. The summed E-state index contributed by atoms with van der Waals surface area (Å²) >= 11 is 3.54. The van der Waals surface area contributed by atoms with Crippen LogP contribution in [0.1, 0.15) is 20.3 Å². The van der Waals surface area contributed by atoms with E-state index in [4.69, 9.17) is 19.7 Å². The minimum atomic E-state index is -0.615. The van der Waals surface area contributed by atoms with Crippen molar-refractivity contribution in [3.63, 3.8) is 0 Å². The van der Waals surface area contributed by atoms with E-state index in [0.717, 1.165) is 24.0 Å². The van der Waals surface area contributed by atoms with Gasteiger partial charge in [-0.25, -0.2) is 0 Å². The van der Waals surface area contributed by atoms with Gasteiger partial charge >= 0.3 is 0 Å². The van der Waals surface area contributed by atoms with E-state index in [1.165, 1.54) is 12.2 Å². The second-order valence-corrected chi connectivity index (χ2v) is 7.02. The number of ether oxygens (including phenoxy) is 2. The van der Waals surface area contributed by atoms with Crippen molar-refractivity contribution in [1.29, 1.82) is 0 Å². The van der Waals surface area contributed by atoms with Crippen LogP contribution in [0.4, 0.5) is 0 Å². The molecule has 122 valence electrons. The van der Waals surface area contributed by atoms with Gasteiger partial charge in [0.2, 0.25) is 0 Å². The molecule has 0 saturated heterocycles. The fourth-order valence-electron chi connectivity index (χ4n) is 1.23. The fraction of sp³-hybridized carbons (Fsp3) is 1.00. The van der Waals surface area contributed by atoms with Crippen molar-refractivity contribution in [2.45, 2.75) is 26.4 Å². The summed E-state index contributed by atoms with van der Waals surface area (Å²) in [5.74, 6) is 4.46. The van der Waals surface area contributed by atoms with Crippen LogP contribution in [-0.2, 0) is 9.47 Å². The SMILES string of the molecule is CCC(C)CSCCOCCOCCSCC(O)CO. The van der Waals surface area contributed by atoms with Gasteiger partial charge in [0.05, 0.1) is 39.1 Å². The molecule has 2 atom stereocenters. The van der Waals surface area contributed by atoms with Crippen LogP contribution < -0.4 is 0 Å².